The predicted octanol–water partition coefficient (Wildman–Crippen LogP) is 3.80. The molecule has 4 nitrogen and oxygen atoms in total. The number of nitrogens with zero attached hydrogens (tertiary/aromatic N) is 1. The van der Waals surface area contributed by atoms with Crippen LogP contribution in [0.4, 0.5) is 5.69 Å². The van der Waals surface area contributed by atoms with E-state index in [2.05, 4.69) is 20.8 Å². The molecule has 0 unspecified atom stereocenters. The maximum Gasteiger partial charge on any atom is 0.269 e. The van der Waals surface area contributed by atoms with E-state index in [9.17, 15) is 10.1 Å². The Hall–Kier alpha value is -1.58. The number of rotatable bonds is 5. The lowest BCUT2D eigenvalue weighted by molar-refractivity contribution is -0.384. The number of non-ortho nitro benzene ring substituents is 1. The van der Waals surface area contributed by atoms with Gasteiger partial charge in [0, 0.05) is 12.1 Å². The van der Waals surface area contributed by atoms with Crippen molar-refractivity contribution in [1.82, 2.24) is 0 Å². The molecule has 4 heteroatoms. The molecule has 0 fully saturated rings. The Morgan fingerprint density at radius 2 is 1.82 bits per heavy atom. The van der Waals surface area contributed by atoms with Gasteiger partial charge in [0.25, 0.3) is 5.69 Å². The fourth-order valence-corrected chi connectivity index (χ4v) is 1.46. The Morgan fingerprint density at radius 1 is 1.24 bits per heavy atom. The van der Waals surface area contributed by atoms with Gasteiger partial charge < -0.3 is 4.74 Å². The van der Waals surface area contributed by atoms with Crippen LogP contribution in [-0.4, -0.2) is 11.5 Å². The predicted molar refractivity (Wildman–Crippen MR) is 67.3 cm³/mol. The zero-order valence-corrected chi connectivity index (χ0v) is 10.6. The third kappa shape index (κ3) is 5.33. The molecule has 1 aromatic rings. The van der Waals surface area contributed by atoms with Crippen molar-refractivity contribution in [3.8, 4) is 5.75 Å². The minimum atomic E-state index is -0.413. The van der Waals surface area contributed by atoms with E-state index in [4.69, 9.17) is 4.74 Å². The number of ether oxygens (including phenoxy) is 1. The van der Waals surface area contributed by atoms with E-state index < -0.39 is 4.92 Å². The van der Waals surface area contributed by atoms with Gasteiger partial charge in [0.15, 0.2) is 0 Å². The Bertz CT molecular complexity index is 365. The zero-order valence-electron chi connectivity index (χ0n) is 10.6. The summed E-state index contributed by atoms with van der Waals surface area (Å²) in [6, 6.07) is 6.18. The summed E-state index contributed by atoms with van der Waals surface area (Å²) in [4.78, 5) is 10.0. The van der Waals surface area contributed by atoms with Crippen LogP contribution in [0.1, 0.15) is 33.6 Å². The SMILES string of the molecule is CC(C)(C)CCCOc1ccc([N+](=O)[O-])cc1. The van der Waals surface area contributed by atoms with Crippen molar-refractivity contribution >= 4 is 5.69 Å². The van der Waals surface area contributed by atoms with E-state index in [-0.39, 0.29) is 5.69 Å². The molecule has 0 saturated heterocycles. The highest BCUT2D eigenvalue weighted by Crippen LogP contribution is 2.21. The van der Waals surface area contributed by atoms with E-state index in [0.717, 1.165) is 12.8 Å². The first-order valence-corrected chi connectivity index (χ1v) is 5.76. The van der Waals surface area contributed by atoms with Crippen LogP contribution >= 0.6 is 0 Å². The van der Waals surface area contributed by atoms with Crippen molar-refractivity contribution in [3.63, 3.8) is 0 Å². The van der Waals surface area contributed by atoms with Crippen molar-refractivity contribution in [3.05, 3.63) is 34.4 Å². The van der Waals surface area contributed by atoms with Gasteiger partial charge in [0.1, 0.15) is 5.75 Å². The van der Waals surface area contributed by atoms with E-state index in [0.29, 0.717) is 17.8 Å². The molecular formula is C13H19NO3. The minimum absolute atomic E-state index is 0.0899. The van der Waals surface area contributed by atoms with Crippen molar-refractivity contribution in [2.75, 3.05) is 6.61 Å². The minimum Gasteiger partial charge on any atom is -0.494 e. The maximum atomic E-state index is 10.4. The quantitative estimate of drug-likeness (QED) is 0.444. The first kappa shape index (κ1) is 13.5. The average molecular weight is 237 g/mol. The Morgan fingerprint density at radius 3 is 2.29 bits per heavy atom. The van der Waals surface area contributed by atoms with Gasteiger partial charge in [-0.15, -0.1) is 0 Å². The summed E-state index contributed by atoms with van der Waals surface area (Å²) in [6.07, 6.45) is 2.08. The molecule has 0 aromatic heterocycles. The highest BCUT2D eigenvalue weighted by Gasteiger charge is 2.09. The maximum absolute atomic E-state index is 10.4. The van der Waals surface area contributed by atoms with Crippen LogP contribution in [0.25, 0.3) is 0 Å². The van der Waals surface area contributed by atoms with Crippen LogP contribution in [0, 0.1) is 15.5 Å². The molecule has 0 atom stereocenters. The number of hydrogen-bond acceptors (Lipinski definition) is 3. The van der Waals surface area contributed by atoms with Gasteiger partial charge in [-0.05, 0) is 30.4 Å². The molecule has 0 N–H and O–H groups in total. The number of nitro groups is 1. The third-order valence-corrected chi connectivity index (χ3v) is 2.39. The van der Waals surface area contributed by atoms with E-state index in [1.54, 1.807) is 12.1 Å². The van der Waals surface area contributed by atoms with Gasteiger partial charge in [-0.1, -0.05) is 20.8 Å². The zero-order chi connectivity index (χ0) is 12.9. The smallest absolute Gasteiger partial charge is 0.269 e. The van der Waals surface area contributed by atoms with Gasteiger partial charge in [-0.2, -0.15) is 0 Å². The van der Waals surface area contributed by atoms with Gasteiger partial charge >= 0.3 is 0 Å². The molecule has 0 aliphatic rings. The van der Waals surface area contributed by atoms with Crippen LogP contribution in [0.2, 0.25) is 0 Å². The van der Waals surface area contributed by atoms with Crippen molar-refractivity contribution in [2.45, 2.75) is 33.6 Å². The molecule has 0 saturated carbocycles. The highest BCUT2D eigenvalue weighted by atomic mass is 16.6. The summed E-state index contributed by atoms with van der Waals surface area (Å²) in [5.41, 5.74) is 0.408. The fraction of sp³-hybridized carbons (Fsp3) is 0.538. The molecule has 1 aromatic carbocycles. The molecular weight excluding hydrogens is 218 g/mol. The molecule has 1 rings (SSSR count). The Kier molecular flexibility index (Phi) is 4.49. The van der Waals surface area contributed by atoms with E-state index in [1.807, 2.05) is 0 Å². The van der Waals surface area contributed by atoms with Gasteiger partial charge in [-0.25, -0.2) is 0 Å². The molecule has 0 aliphatic heterocycles. The number of benzene rings is 1. The summed E-state index contributed by atoms with van der Waals surface area (Å²) >= 11 is 0. The summed E-state index contributed by atoms with van der Waals surface area (Å²) in [6.45, 7) is 7.23. The van der Waals surface area contributed by atoms with Gasteiger partial charge in [-0.3, -0.25) is 10.1 Å². The first-order valence-electron chi connectivity index (χ1n) is 5.76. The molecule has 17 heavy (non-hydrogen) atoms. The van der Waals surface area contributed by atoms with Crippen LogP contribution in [0.15, 0.2) is 24.3 Å². The first-order chi connectivity index (χ1) is 7.88. The molecule has 94 valence electrons. The monoisotopic (exact) mass is 237 g/mol. The summed E-state index contributed by atoms with van der Waals surface area (Å²) < 4.78 is 5.51. The fourth-order valence-electron chi connectivity index (χ4n) is 1.46. The summed E-state index contributed by atoms with van der Waals surface area (Å²) in [5.74, 6) is 0.685. The van der Waals surface area contributed by atoms with Crippen LogP contribution in [0.3, 0.4) is 0 Å². The third-order valence-electron chi connectivity index (χ3n) is 2.39. The second-order valence-corrected chi connectivity index (χ2v) is 5.26. The van der Waals surface area contributed by atoms with Crippen molar-refractivity contribution in [2.24, 2.45) is 5.41 Å². The lowest BCUT2D eigenvalue weighted by atomic mass is 9.91. The Labute approximate surface area is 102 Å². The average Bonchev–Trinajstić information content (AvgIpc) is 2.24. The van der Waals surface area contributed by atoms with Gasteiger partial charge in [0.05, 0.1) is 11.5 Å². The van der Waals surface area contributed by atoms with Crippen molar-refractivity contribution < 1.29 is 9.66 Å². The lowest BCUT2D eigenvalue weighted by Gasteiger charge is -2.17. The normalized spacial score (nSPS) is 11.2. The molecule has 0 spiro atoms. The molecule has 0 heterocycles. The van der Waals surface area contributed by atoms with E-state index >= 15 is 0 Å². The lowest BCUT2D eigenvalue weighted by Crippen LogP contribution is -2.07. The summed E-state index contributed by atoms with van der Waals surface area (Å²) in [5, 5.41) is 10.4. The molecule has 0 radical (unpaired) electrons. The second-order valence-electron chi connectivity index (χ2n) is 5.26. The topological polar surface area (TPSA) is 52.4 Å². The van der Waals surface area contributed by atoms with Crippen LogP contribution in [-0.2, 0) is 0 Å². The molecule has 0 amide bonds. The molecule has 0 aliphatic carbocycles. The standard InChI is InChI=1S/C13H19NO3/c1-13(2,3)9-4-10-17-12-7-5-11(6-8-12)14(15)16/h5-8H,4,9-10H2,1-3H3. The number of hydrogen-bond donors (Lipinski definition) is 0. The van der Waals surface area contributed by atoms with Crippen LogP contribution < -0.4 is 4.74 Å². The second kappa shape index (κ2) is 5.66. The largest absolute Gasteiger partial charge is 0.494 e. The Balaban J connectivity index is 2.35. The number of nitro benzene ring substituents is 1. The van der Waals surface area contributed by atoms with Gasteiger partial charge in [0.2, 0.25) is 0 Å². The van der Waals surface area contributed by atoms with E-state index in [1.165, 1.54) is 12.1 Å². The highest BCUT2D eigenvalue weighted by molar-refractivity contribution is 5.35. The van der Waals surface area contributed by atoms with Crippen molar-refractivity contribution in [1.29, 1.82) is 0 Å². The summed E-state index contributed by atoms with van der Waals surface area (Å²) in [7, 11) is 0. The molecule has 0 bridgehead atoms. The van der Waals surface area contributed by atoms with Crippen LogP contribution in [0.5, 0.6) is 5.75 Å².